The van der Waals surface area contributed by atoms with Crippen LogP contribution in [-0.4, -0.2) is 7.11 Å². The number of hydrogen-bond acceptors (Lipinski definition) is 1. The molecule has 0 radical (unpaired) electrons. The summed E-state index contributed by atoms with van der Waals surface area (Å²) < 4.78 is 6.38. The largest absolute Gasteiger partial charge is 0.496 e. The van der Waals surface area contributed by atoms with Gasteiger partial charge < -0.3 is 4.74 Å². The van der Waals surface area contributed by atoms with Gasteiger partial charge in [0, 0.05) is 0 Å². The smallest absolute Gasteiger partial charge is 0.132 e. The molecule has 2 heteroatoms. The number of ether oxygens (including phenoxy) is 1. The Morgan fingerprint density at radius 3 is 2.77 bits per heavy atom. The van der Waals surface area contributed by atoms with Gasteiger partial charge in [0.2, 0.25) is 0 Å². The van der Waals surface area contributed by atoms with Gasteiger partial charge in [0.15, 0.2) is 0 Å². The first-order valence-electron chi connectivity index (χ1n) is 4.15. The molecule has 1 nitrogen and oxygen atoms in total. The van der Waals surface area contributed by atoms with Crippen LogP contribution in [0.15, 0.2) is 30.9 Å². The molecule has 1 atom stereocenters. The Labute approximate surface area is 92.9 Å². The number of rotatable bonds is 3. The van der Waals surface area contributed by atoms with Gasteiger partial charge in [-0.25, -0.2) is 0 Å². The second kappa shape index (κ2) is 4.65. The van der Waals surface area contributed by atoms with E-state index in [-0.39, 0.29) is 0 Å². The summed E-state index contributed by atoms with van der Waals surface area (Å²) in [5, 5.41) is 0. The maximum absolute atomic E-state index is 5.24. The molecule has 0 aliphatic carbocycles. The SMILES string of the molecule is C=CC(C)c1ccc(I)c(OC)c1. The first kappa shape index (κ1) is 10.6. The maximum atomic E-state index is 5.24. The standard InChI is InChI=1S/C11H13IO/c1-4-8(2)9-5-6-10(12)11(7-9)13-3/h4-8H,1H2,2-3H3. The van der Waals surface area contributed by atoms with E-state index in [1.807, 2.05) is 6.08 Å². The first-order chi connectivity index (χ1) is 6.19. The molecule has 0 fully saturated rings. The Morgan fingerprint density at radius 2 is 2.23 bits per heavy atom. The molecular formula is C11H13IO. The van der Waals surface area contributed by atoms with Gasteiger partial charge >= 0.3 is 0 Å². The van der Waals surface area contributed by atoms with Gasteiger partial charge in [0.25, 0.3) is 0 Å². The Hall–Kier alpha value is -0.510. The summed E-state index contributed by atoms with van der Waals surface area (Å²) in [6.45, 7) is 5.89. The topological polar surface area (TPSA) is 9.23 Å². The predicted molar refractivity (Wildman–Crippen MR) is 64.3 cm³/mol. The third-order valence-electron chi connectivity index (χ3n) is 2.05. The molecule has 13 heavy (non-hydrogen) atoms. The highest BCUT2D eigenvalue weighted by atomic mass is 127. The summed E-state index contributed by atoms with van der Waals surface area (Å²) in [6.07, 6.45) is 1.93. The van der Waals surface area contributed by atoms with E-state index >= 15 is 0 Å². The van der Waals surface area contributed by atoms with Crippen molar-refractivity contribution in [2.45, 2.75) is 12.8 Å². The van der Waals surface area contributed by atoms with Crippen LogP contribution in [0.3, 0.4) is 0 Å². The van der Waals surface area contributed by atoms with Crippen LogP contribution < -0.4 is 4.74 Å². The second-order valence-corrected chi connectivity index (χ2v) is 4.08. The van der Waals surface area contributed by atoms with Crippen molar-refractivity contribution in [2.24, 2.45) is 0 Å². The Morgan fingerprint density at radius 1 is 1.54 bits per heavy atom. The summed E-state index contributed by atoms with van der Waals surface area (Å²) in [6, 6.07) is 6.24. The van der Waals surface area contributed by atoms with Gasteiger partial charge in [-0.05, 0) is 46.2 Å². The fraction of sp³-hybridized carbons (Fsp3) is 0.273. The molecule has 0 heterocycles. The lowest BCUT2D eigenvalue weighted by atomic mass is 10.0. The van der Waals surface area contributed by atoms with Crippen molar-refractivity contribution in [3.63, 3.8) is 0 Å². The highest BCUT2D eigenvalue weighted by Crippen LogP contribution is 2.26. The van der Waals surface area contributed by atoms with Gasteiger partial charge in [-0.2, -0.15) is 0 Å². The Kier molecular flexibility index (Phi) is 3.78. The van der Waals surface area contributed by atoms with Gasteiger partial charge in [-0.15, -0.1) is 6.58 Å². The highest BCUT2D eigenvalue weighted by Gasteiger charge is 2.04. The van der Waals surface area contributed by atoms with E-state index in [4.69, 9.17) is 4.74 Å². The van der Waals surface area contributed by atoms with Crippen LogP contribution in [-0.2, 0) is 0 Å². The zero-order valence-corrected chi connectivity index (χ0v) is 10.0. The quantitative estimate of drug-likeness (QED) is 0.610. The molecule has 0 bridgehead atoms. The molecule has 1 unspecified atom stereocenters. The number of halogens is 1. The van der Waals surface area contributed by atoms with Crippen molar-refractivity contribution in [3.05, 3.63) is 40.0 Å². The van der Waals surface area contributed by atoms with Crippen LogP contribution in [0.4, 0.5) is 0 Å². The zero-order chi connectivity index (χ0) is 9.84. The van der Waals surface area contributed by atoms with E-state index in [1.54, 1.807) is 7.11 Å². The second-order valence-electron chi connectivity index (χ2n) is 2.92. The predicted octanol–water partition coefficient (Wildman–Crippen LogP) is 3.59. The van der Waals surface area contributed by atoms with Crippen molar-refractivity contribution in [2.75, 3.05) is 7.11 Å². The summed E-state index contributed by atoms with van der Waals surface area (Å²) in [7, 11) is 1.69. The van der Waals surface area contributed by atoms with Crippen LogP contribution in [0.2, 0.25) is 0 Å². The summed E-state index contributed by atoms with van der Waals surface area (Å²) in [4.78, 5) is 0. The highest BCUT2D eigenvalue weighted by molar-refractivity contribution is 14.1. The fourth-order valence-corrected chi connectivity index (χ4v) is 1.65. The molecule has 0 N–H and O–H groups in total. The lowest BCUT2D eigenvalue weighted by molar-refractivity contribution is 0.411. The monoisotopic (exact) mass is 288 g/mol. The average Bonchev–Trinajstić information content (AvgIpc) is 2.17. The number of hydrogen-bond donors (Lipinski definition) is 0. The first-order valence-corrected chi connectivity index (χ1v) is 5.23. The molecule has 0 saturated heterocycles. The van der Waals surface area contributed by atoms with E-state index in [9.17, 15) is 0 Å². The van der Waals surface area contributed by atoms with Gasteiger partial charge in [0.05, 0.1) is 10.7 Å². The van der Waals surface area contributed by atoms with Crippen LogP contribution in [0.5, 0.6) is 5.75 Å². The summed E-state index contributed by atoms with van der Waals surface area (Å²) in [5.74, 6) is 1.32. The van der Waals surface area contributed by atoms with E-state index in [1.165, 1.54) is 5.56 Å². The van der Waals surface area contributed by atoms with Crippen molar-refractivity contribution in [1.29, 1.82) is 0 Å². The molecule has 70 valence electrons. The van der Waals surface area contributed by atoms with Gasteiger partial charge in [0.1, 0.15) is 5.75 Å². The van der Waals surface area contributed by atoms with Crippen molar-refractivity contribution < 1.29 is 4.74 Å². The van der Waals surface area contributed by atoms with E-state index in [2.05, 4.69) is 54.3 Å². The molecule has 0 amide bonds. The molecule has 1 rings (SSSR count). The van der Waals surface area contributed by atoms with Crippen LogP contribution in [0.1, 0.15) is 18.4 Å². The minimum Gasteiger partial charge on any atom is -0.496 e. The van der Waals surface area contributed by atoms with Gasteiger partial charge in [-0.3, -0.25) is 0 Å². The zero-order valence-electron chi connectivity index (χ0n) is 7.88. The molecule has 1 aromatic rings. The number of allylic oxidation sites excluding steroid dienone is 1. The van der Waals surface area contributed by atoms with E-state index < -0.39 is 0 Å². The van der Waals surface area contributed by atoms with Crippen molar-refractivity contribution in [1.82, 2.24) is 0 Å². The molecule has 0 saturated carbocycles. The molecule has 0 spiro atoms. The molecular weight excluding hydrogens is 275 g/mol. The van der Waals surface area contributed by atoms with Crippen LogP contribution in [0, 0.1) is 3.57 Å². The Balaban J connectivity index is 3.05. The Bertz CT molecular complexity index is 307. The van der Waals surface area contributed by atoms with Crippen molar-refractivity contribution in [3.8, 4) is 5.75 Å². The summed E-state index contributed by atoms with van der Waals surface area (Å²) in [5.41, 5.74) is 1.24. The average molecular weight is 288 g/mol. The molecule has 0 aliphatic rings. The van der Waals surface area contributed by atoms with Crippen LogP contribution in [0.25, 0.3) is 0 Å². The molecule has 0 aliphatic heterocycles. The van der Waals surface area contributed by atoms with Gasteiger partial charge in [-0.1, -0.05) is 19.1 Å². The van der Waals surface area contributed by atoms with E-state index in [0.717, 1.165) is 9.32 Å². The lowest BCUT2D eigenvalue weighted by Gasteiger charge is -2.09. The van der Waals surface area contributed by atoms with E-state index in [0.29, 0.717) is 5.92 Å². The fourth-order valence-electron chi connectivity index (χ4n) is 1.10. The third kappa shape index (κ3) is 2.46. The molecule has 1 aromatic carbocycles. The summed E-state index contributed by atoms with van der Waals surface area (Å²) >= 11 is 2.26. The minimum absolute atomic E-state index is 0.380. The normalized spacial score (nSPS) is 12.2. The third-order valence-corrected chi connectivity index (χ3v) is 2.95. The molecule has 0 aromatic heterocycles. The number of methoxy groups -OCH3 is 1. The maximum Gasteiger partial charge on any atom is 0.132 e. The minimum atomic E-state index is 0.380. The lowest BCUT2D eigenvalue weighted by Crippen LogP contribution is -1.92. The van der Waals surface area contributed by atoms with Crippen LogP contribution >= 0.6 is 22.6 Å². The van der Waals surface area contributed by atoms with Crippen molar-refractivity contribution >= 4 is 22.6 Å². The number of benzene rings is 1.